The van der Waals surface area contributed by atoms with Crippen LogP contribution in [-0.4, -0.2) is 11.4 Å². The van der Waals surface area contributed by atoms with Gasteiger partial charge in [-0.3, -0.25) is 4.79 Å². The highest BCUT2D eigenvalue weighted by Crippen LogP contribution is 2.34. The van der Waals surface area contributed by atoms with Crippen molar-refractivity contribution in [2.75, 3.05) is 0 Å². The van der Waals surface area contributed by atoms with Crippen LogP contribution < -0.4 is 0 Å². The van der Waals surface area contributed by atoms with Gasteiger partial charge in [0.2, 0.25) is 0 Å². The number of aromatic hydroxyl groups is 1. The maximum Gasteiger partial charge on any atom is 0.151 e. The molecule has 0 atom stereocenters. The Labute approximate surface area is 85.7 Å². The van der Waals surface area contributed by atoms with Crippen molar-refractivity contribution in [3.05, 3.63) is 27.7 Å². The van der Waals surface area contributed by atoms with Gasteiger partial charge in [0.05, 0.1) is 4.47 Å². The first-order valence-electron chi connectivity index (χ1n) is 4.04. The Morgan fingerprint density at radius 2 is 2.08 bits per heavy atom. The third-order valence-corrected chi connectivity index (χ3v) is 2.76. The zero-order valence-corrected chi connectivity index (χ0v) is 9.13. The van der Waals surface area contributed by atoms with E-state index in [4.69, 9.17) is 0 Å². The lowest BCUT2D eigenvalue weighted by atomic mass is 10.0. The summed E-state index contributed by atoms with van der Waals surface area (Å²) in [5, 5.41) is 9.67. The lowest BCUT2D eigenvalue weighted by Gasteiger charge is -2.10. The summed E-state index contributed by atoms with van der Waals surface area (Å²) in [4.78, 5) is 10.5. The molecular formula is C10H11BrO2. The van der Waals surface area contributed by atoms with E-state index in [0.717, 1.165) is 5.56 Å². The minimum absolute atomic E-state index is 0.166. The molecule has 0 amide bonds. The van der Waals surface area contributed by atoms with Crippen molar-refractivity contribution in [2.24, 2.45) is 0 Å². The van der Waals surface area contributed by atoms with E-state index in [1.807, 2.05) is 13.8 Å². The predicted molar refractivity (Wildman–Crippen MR) is 55.3 cm³/mol. The number of phenols is 1. The van der Waals surface area contributed by atoms with Crippen molar-refractivity contribution in [3.8, 4) is 5.75 Å². The number of hydrogen-bond acceptors (Lipinski definition) is 2. The van der Waals surface area contributed by atoms with Gasteiger partial charge in [-0.1, -0.05) is 26.0 Å². The van der Waals surface area contributed by atoms with Crippen molar-refractivity contribution in [1.29, 1.82) is 0 Å². The maximum absolute atomic E-state index is 10.5. The van der Waals surface area contributed by atoms with E-state index in [2.05, 4.69) is 15.9 Å². The number of hydrogen-bond donors (Lipinski definition) is 1. The minimum Gasteiger partial charge on any atom is -0.506 e. The van der Waals surface area contributed by atoms with Crippen LogP contribution in [0.3, 0.4) is 0 Å². The third kappa shape index (κ3) is 1.91. The molecule has 0 saturated heterocycles. The van der Waals surface area contributed by atoms with Gasteiger partial charge in [-0.25, -0.2) is 0 Å². The van der Waals surface area contributed by atoms with Crippen LogP contribution in [0.5, 0.6) is 5.75 Å². The zero-order valence-electron chi connectivity index (χ0n) is 7.54. The monoisotopic (exact) mass is 242 g/mol. The molecule has 3 heteroatoms. The lowest BCUT2D eigenvalue weighted by Crippen LogP contribution is -1.91. The van der Waals surface area contributed by atoms with Crippen molar-refractivity contribution in [1.82, 2.24) is 0 Å². The molecular weight excluding hydrogens is 232 g/mol. The molecule has 2 nitrogen and oxygen atoms in total. The van der Waals surface area contributed by atoms with Gasteiger partial charge in [0, 0.05) is 5.56 Å². The lowest BCUT2D eigenvalue weighted by molar-refractivity contribution is 0.112. The fourth-order valence-electron chi connectivity index (χ4n) is 1.15. The molecule has 0 fully saturated rings. The molecule has 0 aliphatic carbocycles. The molecule has 0 aromatic heterocycles. The normalized spacial score (nSPS) is 10.5. The summed E-state index contributed by atoms with van der Waals surface area (Å²) in [5.74, 6) is 0.414. The first-order chi connectivity index (χ1) is 6.07. The summed E-state index contributed by atoms with van der Waals surface area (Å²) in [7, 11) is 0. The molecule has 0 heterocycles. The first kappa shape index (κ1) is 10.3. The summed E-state index contributed by atoms with van der Waals surface area (Å²) in [6.07, 6.45) is 0.716. The van der Waals surface area contributed by atoms with Gasteiger partial charge >= 0.3 is 0 Å². The van der Waals surface area contributed by atoms with E-state index in [1.54, 1.807) is 12.1 Å². The van der Waals surface area contributed by atoms with Crippen LogP contribution in [0, 0.1) is 0 Å². The molecule has 1 aromatic carbocycles. The average Bonchev–Trinajstić information content (AvgIpc) is 2.09. The molecule has 0 unspecified atom stereocenters. The van der Waals surface area contributed by atoms with E-state index >= 15 is 0 Å². The number of aldehydes is 1. The molecule has 0 radical (unpaired) electrons. The van der Waals surface area contributed by atoms with Crippen LogP contribution in [-0.2, 0) is 0 Å². The van der Waals surface area contributed by atoms with Crippen LogP contribution in [0.15, 0.2) is 16.6 Å². The number of phenolic OH excluding ortho intramolecular Hbond substituents is 1. The molecule has 1 rings (SSSR count). The molecule has 0 spiro atoms. The van der Waals surface area contributed by atoms with Crippen molar-refractivity contribution < 1.29 is 9.90 Å². The Hall–Kier alpha value is -0.830. The van der Waals surface area contributed by atoms with Crippen molar-refractivity contribution >= 4 is 22.2 Å². The van der Waals surface area contributed by atoms with Gasteiger partial charge in [-0.15, -0.1) is 0 Å². The topological polar surface area (TPSA) is 37.3 Å². The number of carbonyl (C=O) groups excluding carboxylic acids is 1. The van der Waals surface area contributed by atoms with E-state index in [0.29, 0.717) is 16.3 Å². The van der Waals surface area contributed by atoms with Gasteiger partial charge < -0.3 is 5.11 Å². The summed E-state index contributed by atoms with van der Waals surface area (Å²) in [5.41, 5.74) is 1.32. The maximum atomic E-state index is 10.5. The van der Waals surface area contributed by atoms with Gasteiger partial charge in [0.25, 0.3) is 0 Å². The second kappa shape index (κ2) is 3.92. The standard InChI is InChI=1S/C10H11BrO2/c1-6(2)8-4-3-7(5-12)9(11)10(8)13/h3-6,13H,1-2H3. The summed E-state index contributed by atoms with van der Waals surface area (Å²) < 4.78 is 0.480. The fourth-order valence-corrected chi connectivity index (χ4v) is 1.61. The minimum atomic E-state index is 0.166. The van der Waals surface area contributed by atoms with E-state index in [1.165, 1.54) is 0 Å². The predicted octanol–water partition coefficient (Wildman–Crippen LogP) is 3.09. The van der Waals surface area contributed by atoms with Gasteiger partial charge in [-0.05, 0) is 27.4 Å². The molecule has 0 aliphatic heterocycles. The van der Waals surface area contributed by atoms with E-state index in [9.17, 15) is 9.90 Å². The van der Waals surface area contributed by atoms with Gasteiger partial charge in [0.1, 0.15) is 5.75 Å². The van der Waals surface area contributed by atoms with Crippen LogP contribution in [0.4, 0.5) is 0 Å². The largest absolute Gasteiger partial charge is 0.506 e. The molecule has 1 N–H and O–H groups in total. The smallest absolute Gasteiger partial charge is 0.151 e. The highest BCUT2D eigenvalue weighted by atomic mass is 79.9. The Kier molecular flexibility index (Phi) is 3.09. The zero-order chi connectivity index (χ0) is 10.0. The molecule has 1 aromatic rings. The molecule has 0 saturated carbocycles. The fraction of sp³-hybridized carbons (Fsp3) is 0.300. The Morgan fingerprint density at radius 3 is 2.54 bits per heavy atom. The summed E-state index contributed by atoms with van der Waals surface area (Å²) >= 11 is 3.18. The Morgan fingerprint density at radius 1 is 1.46 bits per heavy atom. The molecule has 70 valence electrons. The second-order valence-electron chi connectivity index (χ2n) is 3.18. The average molecular weight is 243 g/mol. The third-order valence-electron chi connectivity index (χ3n) is 1.93. The van der Waals surface area contributed by atoms with E-state index in [-0.39, 0.29) is 11.7 Å². The summed E-state index contributed by atoms with van der Waals surface area (Å²) in [6.45, 7) is 3.98. The number of carbonyl (C=O) groups is 1. The van der Waals surface area contributed by atoms with Crippen LogP contribution in [0.1, 0.15) is 35.7 Å². The SMILES string of the molecule is CC(C)c1ccc(C=O)c(Br)c1O. The van der Waals surface area contributed by atoms with Crippen LogP contribution in [0.2, 0.25) is 0 Å². The van der Waals surface area contributed by atoms with Gasteiger partial charge in [0.15, 0.2) is 6.29 Å². The highest BCUT2D eigenvalue weighted by Gasteiger charge is 2.11. The molecule has 0 bridgehead atoms. The highest BCUT2D eigenvalue weighted by molar-refractivity contribution is 9.10. The van der Waals surface area contributed by atoms with Crippen LogP contribution >= 0.6 is 15.9 Å². The van der Waals surface area contributed by atoms with E-state index < -0.39 is 0 Å². The first-order valence-corrected chi connectivity index (χ1v) is 4.83. The van der Waals surface area contributed by atoms with Crippen LogP contribution in [0.25, 0.3) is 0 Å². The van der Waals surface area contributed by atoms with Gasteiger partial charge in [-0.2, -0.15) is 0 Å². The number of benzene rings is 1. The Balaban J connectivity index is 3.31. The second-order valence-corrected chi connectivity index (χ2v) is 3.97. The molecule has 0 aliphatic rings. The quantitative estimate of drug-likeness (QED) is 0.810. The van der Waals surface area contributed by atoms with Crippen molar-refractivity contribution in [3.63, 3.8) is 0 Å². The Bertz CT molecular complexity index is 332. The number of halogens is 1. The molecule has 13 heavy (non-hydrogen) atoms. The number of rotatable bonds is 2. The van der Waals surface area contributed by atoms with Crippen molar-refractivity contribution in [2.45, 2.75) is 19.8 Å². The summed E-state index contributed by atoms with van der Waals surface area (Å²) in [6, 6.07) is 3.47.